The van der Waals surface area contributed by atoms with E-state index in [2.05, 4.69) is 13.4 Å². The third-order valence-electron chi connectivity index (χ3n) is 1.58. The van der Waals surface area contributed by atoms with E-state index in [9.17, 15) is 8.42 Å². The van der Waals surface area contributed by atoms with Crippen LogP contribution in [0.15, 0.2) is 18.3 Å². The van der Waals surface area contributed by atoms with Crippen LogP contribution in [0.2, 0.25) is 0 Å². The van der Waals surface area contributed by atoms with E-state index in [-0.39, 0.29) is 6.61 Å². The minimum Gasteiger partial charge on any atom is -0.481 e. The first kappa shape index (κ1) is 11.9. The molecule has 1 heterocycles. The van der Waals surface area contributed by atoms with Gasteiger partial charge in [0.25, 0.3) is 0 Å². The summed E-state index contributed by atoms with van der Waals surface area (Å²) in [4.78, 5) is 3.89. The molecule has 84 valence electrons. The number of methoxy groups -OCH3 is 1. The van der Waals surface area contributed by atoms with Crippen LogP contribution >= 0.6 is 0 Å². The number of nitrogens with zero attached hydrogens (tertiary/aromatic N) is 1. The molecule has 0 aliphatic carbocycles. The molecular formula is C8H11NO5S. The molecule has 0 aliphatic rings. The summed E-state index contributed by atoms with van der Waals surface area (Å²) in [5.41, 5.74) is 0.608. The van der Waals surface area contributed by atoms with Crippen molar-refractivity contribution in [3.8, 4) is 5.88 Å². The highest BCUT2D eigenvalue weighted by molar-refractivity contribution is 7.81. The third kappa shape index (κ3) is 3.82. The molecule has 1 aromatic heterocycles. The second kappa shape index (κ2) is 5.06. The summed E-state index contributed by atoms with van der Waals surface area (Å²) < 4.78 is 35.1. The van der Waals surface area contributed by atoms with Crippen molar-refractivity contribution in [3.05, 3.63) is 23.9 Å². The number of ether oxygens (including phenoxy) is 1. The van der Waals surface area contributed by atoms with Crippen molar-refractivity contribution in [1.29, 1.82) is 0 Å². The van der Waals surface area contributed by atoms with Crippen LogP contribution in [0.4, 0.5) is 0 Å². The number of rotatable bonds is 5. The maximum atomic E-state index is 10.8. The maximum Gasteiger partial charge on any atom is 0.399 e. The second-order valence-corrected chi connectivity index (χ2v) is 3.93. The van der Waals surface area contributed by atoms with Crippen molar-refractivity contribution < 1.29 is 21.5 Å². The molecule has 0 aromatic carbocycles. The lowest BCUT2D eigenvalue weighted by Crippen LogP contribution is -2.07. The molecule has 0 aliphatic heterocycles. The van der Waals surface area contributed by atoms with Gasteiger partial charge in [0.15, 0.2) is 0 Å². The molecular weight excluding hydrogens is 222 g/mol. The number of hydrogen-bond donors (Lipinski definition) is 0. The van der Waals surface area contributed by atoms with Gasteiger partial charge in [-0.2, -0.15) is 8.42 Å². The molecule has 0 atom stereocenters. The topological polar surface area (TPSA) is 74.7 Å². The average molecular weight is 233 g/mol. The van der Waals surface area contributed by atoms with Gasteiger partial charge in [-0.1, -0.05) is 0 Å². The second-order valence-electron chi connectivity index (χ2n) is 2.55. The Bertz CT molecular complexity index is 400. The zero-order valence-electron chi connectivity index (χ0n) is 8.34. The number of pyridine rings is 1. The first-order chi connectivity index (χ1) is 7.07. The van der Waals surface area contributed by atoms with E-state index < -0.39 is 10.4 Å². The normalized spacial score (nSPS) is 11.3. The third-order valence-corrected chi connectivity index (χ3v) is 2.40. The summed E-state index contributed by atoms with van der Waals surface area (Å²) in [6.07, 6.45) is 1.46. The first-order valence-corrected chi connectivity index (χ1v) is 5.34. The van der Waals surface area contributed by atoms with Gasteiger partial charge in [0.2, 0.25) is 5.88 Å². The minimum absolute atomic E-state index is 0.118. The molecule has 1 aromatic rings. The van der Waals surface area contributed by atoms with E-state index in [4.69, 9.17) is 4.74 Å². The molecule has 7 heteroatoms. The highest BCUT2D eigenvalue weighted by Gasteiger charge is 2.08. The van der Waals surface area contributed by atoms with Gasteiger partial charge in [-0.15, -0.1) is 0 Å². The highest BCUT2D eigenvalue weighted by Crippen LogP contribution is 2.08. The van der Waals surface area contributed by atoms with Gasteiger partial charge in [-0.05, 0) is 11.6 Å². The fourth-order valence-corrected chi connectivity index (χ4v) is 1.18. The fraction of sp³-hybridized carbons (Fsp3) is 0.375. The smallest absolute Gasteiger partial charge is 0.399 e. The van der Waals surface area contributed by atoms with Crippen molar-refractivity contribution in [1.82, 2.24) is 4.98 Å². The Morgan fingerprint density at radius 1 is 1.33 bits per heavy atom. The molecule has 0 saturated heterocycles. The van der Waals surface area contributed by atoms with E-state index in [0.29, 0.717) is 11.4 Å². The van der Waals surface area contributed by atoms with Crippen molar-refractivity contribution in [2.45, 2.75) is 6.61 Å². The van der Waals surface area contributed by atoms with Crippen molar-refractivity contribution in [2.75, 3.05) is 14.2 Å². The van der Waals surface area contributed by atoms with E-state index in [1.54, 1.807) is 12.1 Å². The van der Waals surface area contributed by atoms with Gasteiger partial charge in [-0.25, -0.2) is 9.17 Å². The first-order valence-electron chi connectivity index (χ1n) is 4.01. The molecule has 0 N–H and O–H groups in total. The minimum atomic E-state index is -3.89. The maximum absolute atomic E-state index is 10.8. The van der Waals surface area contributed by atoms with Crippen LogP contribution in [0.5, 0.6) is 5.88 Å². The van der Waals surface area contributed by atoms with E-state index in [1.807, 2.05) is 0 Å². The Labute approximate surface area is 88.1 Å². The largest absolute Gasteiger partial charge is 0.481 e. The SMILES string of the molecule is COc1ccc(COS(=O)(=O)OC)cn1. The number of aromatic nitrogens is 1. The zero-order chi connectivity index (χ0) is 11.3. The van der Waals surface area contributed by atoms with Crippen molar-refractivity contribution >= 4 is 10.4 Å². The van der Waals surface area contributed by atoms with Crippen molar-refractivity contribution in [3.63, 3.8) is 0 Å². The Balaban J connectivity index is 2.59. The summed E-state index contributed by atoms with van der Waals surface area (Å²) in [6.45, 7) is -0.118. The predicted octanol–water partition coefficient (Wildman–Crippen LogP) is 0.498. The molecule has 1 rings (SSSR count). The Morgan fingerprint density at radius 2 is 2.07 bits per heavy atom. The fourth-order valence-electron chi connectivity index (χ4n) is 0.805. The summed E-state index contributed by atoms with van der Waals surface area (Å²) in [7, 11) is -1.37. The quantitative estimate of drug-likeness (QED) is 0.737. The molecule has 0 radical (unpaired) electrons. The zero-order valence-corrected chi connectivity index (χ0v) is 9.15. The Hall–Kier alpha value is -1.18. The molecule has 6 nitrogen and oxygen atoms in total. The molecule has 0 fully saturated rings. The van der Waals surface area contributed by atoms with Crippen LogP contribution in [0.25, 0.3) is 0 Å². The Morgan fingerprint density at radius 3 is 2.53 bits per heavy atom. The summed E-state index contributed by atoms with van der Waals surface area (Å²) in [6, 6.07) is 3.26. The summed E-state index contributed by atoms with van der Waals surface area (Å²) in [5.74, 6) is 0.452. The van der Waals surface area contributed by atoms with Gasteiger partial charge in [0.05, 0.1) is 20.8 Å². The molecule has 15 heavy (non-hydrogen) atoms. The average Bonchev–Trinajstić information content (AvgIpc) is 2.27. The molecule has 0 saturated carbocycles. The van der Waals surface area contributed by atoms with Gasteiger partial charge in [0, 0.05) is 12.3 Å². The molecule has 0 unspecified atom stereocenters. The van der Waals surface area contributed by atoms with Crippen LogP contribution in [-0.2, 0) is 25.4 Å². The summed E-state index contributed by atoms with van der Waals surface area (Å²) in [5, 5.41) is 0. The van der Waals surface area contributed by atoms with Crippen molar-refractivity contribution in [2.24, 2.45) is 0 Å². The highest BCUT2D eigenvalue weighted by atomic mass is 32.3. The van der Waals surface area contributed by atoms with E-state index >= 15 is 0 Å². The van der Waals surface area contributed by atoms with E-state index in [1.165, 1.54) is 13.3 Å². The molecule has 0 bridgehead atoms. The van der Waals surface area contributed by atoms with E-state index in [0.717, 1.165) is 7.11 Å². The Kier molecular flexibility index (Phi) is 4.01. The lowest BCUT2D eigenvalue weighted by atomic mass is 10.3. The number of hydrogen-bond acceptors (Lipinski definition) is 6. The van der Waals surface area contributed by atoms with Crippen LogP contribution in [0.1, 0.15) is 5.56 Å². The van der Waals surface area contributed by atoms with Crippen LogP contribution in [-0.4, -0.2) is 27.6 Å². The van der Waals surface area contributed by atoms with Crippen LogP contribution in [0.3, 0.4) is 0 Å². The van der Waals surface area contributed by atoms with Gasteiger partial charge in [-0.3, -0.25) is 4.18 Å². The standard InChI is InChI=1S/C8H11NO5S/c1-12-8-4-3-7(5-9-8)6-14-15(10,11)13-2/h3-5H,6H2,1-2H3. The van der Waals surface area contributed by atoms with Crippen LogP contribution in [0, 0.1) is 0 Å². The van der Waals surface area contributed by atoms with Gasteiger partial charge in [0.1, 0.15) is 0 Å². The van der Waals surface area contributed by atoms with Gasteiger partial charge >= 0.3 is 10.4 Å². The molecule has 0 spiro atoms. The molecule has 0 amide bonds. The van der Waals surface area contributed by atoms with Gasteiger partial charge < -0.3 is 4.74 Å². The van der Waals surface area contributed by atoms with Crippen LogP contribution < -0.4 is 4.74 Å². The summed E-state index contributed by atoms with van der Waals surface area (Å²) >= 11 is 0. The monoisotopic (exact) mass is 233 g/mol. The lowest BCUT2D eigenvalue weighted by Gasteiger charge is -2.03. The predicted molar refractivity (Wildman–Crippen MR) is 51.5 cm³/mol. The lowest BCUT2D eigenvalue weighted by molar-refractivity contribution is 0.235.